The summed E-state index contributed by atoms with van der Waals surface area (Å²) >= 11 is 0. The van der Waals surface area contributed by atoms with Gasteiger partial charge in [0.2, 0.25) is 0 Å². The Kier molecular flexibility index (Phi) is 3.31. The van der Waals surface area contributed by atoms with Crippen molar-refractivity contribution in [2.45, 2.75) is 37.5 Å². The average molecular weight is 260 g/mol. The highest BCUT2D eigenvalue weighted by Gasteiger charge is 2.51. The molecule has 3 rings (SSSR count). The minimum absolute atomic E-state index is 0.572. The summed E-state index contributed by atoms with van der Waals surface area (Å²) in [5.41, 5.74) is 1.71. The summed E-state index contributed by atoms with van der Waals surface area (Å²) in [6.07, 6.45) is 4.93. The number of ether oxygens (including phenoxy) is 1. The van der Waals surface area contributed by atoms with E-state index >= 15 is 0 Å². The van der Waals surface area contributed by atoms with E-state index in [1.807, 2.05) is 12.1 Å². The summed E-state index contributed by atoms with van der Waals surface area (Å²) in [5, 5.41) is 9.27. The molecule has 0 aromatic heterocycles. The van der Waals surface area contributed by atoms with Gasteiger partial charge < -0.3 is 9.84 Å². The van der Waals surface area contributed by atoms with Crippen LogP contribution >= 0.6 is 0 Å². The van der Waals surface area contributed by atoms with Crippen LogP contribution in [0.25, 0.3) is 0 Å². The fraction of sp³-hybridized carbons (Fsp3) is 0.562. The Hall–Kier alpha value is -1.35. The van der Waals surface area contributed by atoms with E-state index < -0.39 is 11.4 Å². The van der Waals surface area contributed by atoms with Crippen LogP contribution in [-0.4, -0.2) is 24.3 Å². The molecule has 3 heteroatoms. The van der Waals surface area contributed by atoms with Crippen LogP contribution < -0.4 is 0 Å². The van der Waals surface area contributed by atoms with Gasteiger partial charge in [-0.05, 0) is 49.1 Å². The largest absolute Gasteiger partial charge is 0.481 e. The first-order valence-corrected chi connectivity index (χ1v) is 7.11. The molecule has 0 spiro atoms. The number of benzene rings is 1. The molecule has 1 saturated carbocycles. The molecule has 0 amide bonds. The van der Waals surface area contributed by atoms with E-state index in [2.05, 4.69) is 12.1 Å². The smallest absolute Gasteiger partial charge is 0.314 e. The number of rotatable bonds is 4. The highest BCUT2D eigenvalue weighted by molar-refractivity contribution is 5.84. The summed E-state index contributed by atoms with van der Waals surface area (Å²) in [7, 11) is 0. The molecule has 0 atom stereocenters. The van der Waals surface area contributed by atoms with Crippen LogP contribution in [-0.2, 0) is 21.4 Å². The third-order valence-electron chi connectivity index (χ3n) is 4.53. The van der Waals surface area contributed by atoms with Gasteiger partial charge in [-0.2, -0.15) is 0 Å². The summed E-state index contributed by atoms with van der Waals surface area (Å²) in [4.78, 5) is 11.3. The molecule has 3 nitrogen and oxygen atoms in total. The van der Waals surface area contributed by atoms with Crippen LogP contribution in [0.1, 0.15) is 36.8 Å². The predicted molar refractivity (Wildman–Crippen MR) is 72.2 cm³/mol. The molecule has 102 valence electrons. The van der Waals surface area contributed by atoms with Gasteiger partial charge in [0.25, 0.3) is 0 Å². The van der Waals surface area contributed by atoms with Gasteiger partial charge in [-0.25, -0.2) is 0 Å². The SMILES string of the molecule is O=C(O)C1(c2ccc(CC3CCOCC3)cc2)CC1. The summed E-state index contributed by atoms with van der Waals surface area (Å²) in [6, 6.07) is 8.23. The molecular formula is C16H20O3. The zero-order valence-corrected chi connectivity index (χ0v) is 11.1. The van der Waals surface area contributed by atoms with E-state index in [0.29, 0.717) is 5.92 Å². The first kappa shape index (κ1) is 12.7. The lowest BCUT2D eigenvalue weighted by Gasteiger charge is -2.22. The van der Waals surface area contributed by atoms with Gasteiger partial charge >= 0.3 is 5.97 Å². The normalized spacial score (nSPS) is 22.1. The molecule has 1 aliphatic carbocycles. The van der Waals surface area contributed by atoms with Crippen molar-refractivity contribution < 1.29 is 14.6 Å². The molecule has 1 heterocycles. The molecule has 1 N–H and O–H groups in total. The van der Waals surface area contributed by atoms with E-state index in [4.69, 9.17) is 4.74 Å². The van der Waals surface area contributed by atoms with E-state index in [0.717, 1.165) is 50.9 Å². The minimum Gasteiger partial charge on any atom is -0.481 e. The van der Waals surface area contributed by atoms with Gasteiger partial charge in [-0.3, -0.25) is 4.79 Å². The van der Waals surface area contributed by atoms with E-state index in [9.17, 15) is 9.90 Å². The quantitative estimate of drug-likeness (QED) is 0.905. The van der Waals surface area contributed by atoms with Crippen LogP contribution in [0.2, 0.25) is 0 Å². The zero-order valence-electron chi connectivity index (χ0n) is 11.1. The van der Waals surface area contributed by atoms with Crippen molar-refractivity contribution in [3.8, 4) is 0 Å². The molecule has 2 aliphatic rings. The molecule has 1 saturated heterocycles. The molecule has 1 aliphatic heterocycles. The second kappa shape index (κ2) is 4.97. The van der Waals surface area contributed by atoms with Crippen molar-refractivity contribution in [1.82, 2.24) is 0 Å². The van der Waals surface area contributed by atoms with Crippen molar-refractivity contribution in [2.75, 3.05) is 13.2 Å². The minimum atomic E-state index is -0.676. The Morgan fingerprint density at radius 2 is 1.84 bits per heavy atom. The highest BCUT2D eigenvalue weighted by atomic mass is 16.5. The first-order valence-electron chi connectivity index (χ1n) is 7.11. The number of carboxylic acids is 1. The Labute approximate surface area is 113 Å². The Morgan fingerprint density at radius 3 is 2.37 bits per heavy atom. The number of hydrogen-bond donors (Lipinski definition) is 1. The Bertz CT molecular complexity index is 453. The second-order valence-electron chi connectivity index (χ2n) is 5.84. The number of carbonyl (C=O) groups is 1. The summed E-state index contributed by atoms with van der Waals surface area (Å²) in [6.45, 7) is 1.76. The first-order chi connectivity index (χ1) is 9.21. The topological polar surface area (TPSA) is 46.5 Å². The average Bonchev–Trinajstić information content (AvgIpc) is 3.22. The highest BCUT2D eigenvalue weighted by Crippen LogP contribution is 2.48. The van der Waals surface area contributed by atoms with Crippen LogP contribution in [0.3, 0.4) is 0 Å². The third-order valence-corrected chi connectivity index (χ3v) is 4.53. The number of hydrogen-bond acceptors (Lipinski definition) is 2. The van der Waals surface area contributed by atoms with Crippen molar-refractivity contribution in [1.29, 1.82) is 0 Å². The van der Waals surface area contributed by atoms with Gasteiger partial charge in [0.1, 0.15) is 0 Å². The molecule has 0 radical (unpaired) electrons. The van der Waals surface area contributed by atoms with Crippen molar-refractivity contribution >= 4 is 5.97 Å². The fourth-order valence-electron chi connectivity index (χ4n) is 2.99. The molecule has 1 aromatic carbocycles. The van der Waals surface area contributed by atoms with E-state index in [1.165, 1.54) is 5.56 Å². The Balaban J connectivity index is 1.67. The van der Waals surface area contributed by atoms with E-state index in [1.54, 1.807) is 0 Å². The number of aliphatic carboxylic acids is 1. The molecule has 0 unspecified atom stereocenters. The lowest BCUT2D eigenvalue weighted by molar-refractivity contribution is -0.140. The molecule has 2 fully saturated rings. The van der Waals surface area contributed by atoms with E-state index in [-0.39, 0.29) is 0 Å². The maximum absolute atomic E-state index is 11.3. The second-order valence-corrected chi connectivity index (χ2v) is 5.84. The van der Waals surface area contributed by atoms with Gasteiger partial charge in [0.05, 0.1) is 5.41 Å². The Morgan fingerprint density at radius 1 is 1.21 bits per heavy atom. The van der Waals surface area contributed by atoms with Gasteiger partial charge in [-0.15, -0.1) is 0 Å². The maximum atomic E-state index is 11.3. The molecule has 19 heavy (non-hydrogen) atoms. The van der Waals surface area contributed by atoms with Gasteiger partial charge in [0, 0.05) is 13.2 Å². The fourth-order valence-corrected chi connectivity index (χ4v) is 2.99. The standard InChI is InChI=1S/C16H20O3/c17-15(18)16(7-8-16)14-3-1-12(2-4-14)11-13-5-9-19-10-6-13/h1-4,13H,5-11H2,(H,17,18). The van der Waals surface area contributed by atoms with Crippen molar-refractivity contribution in [2.24, 2.45) is 5.92 Å². The van der Waals surface area contributed by atoms with Crippen LogP contribution in [0.15, 0.2) is 24.3 Å². The van der Waals surface area contributed by atoms with Crippen LogP contribution in [0, 0.1) is 5.92 Å². The van der Waals surface area contributed by atoms with Crippen LogP contribution in [0.5, 0.6) is 0 Å². The number of carboxylic acid groups (broad SMARTS) is 1. The predicted octanol–water partition coefficient (Wildman–Crippen LogP) is 2.77. The molecule has 0 bridgehead atoms. The summed E-state index contributed by atoms with van der Waals surface area (Å²) < 4.78 is 5.37. The van der Waals surface area contributed by atoms with Gasteiger partial charge in [0.15, 0.2) is 0 Å². The lowest BCUT2D eigenvalue weighted by Crippen LogP contribution is -2.20. The zero-order chi connectivity index (χ0) is 13.3. The van der Waals surface area contributed by atoms with Crippen molar-refractivity contribution in [3.05, 3.63) is 35.4 Å². The molecular weight excluding hydrogens is 240 g/mol. The molecule has 1 aromatic rings. The summed E-state index contributed by atoms with van der Waals surface area (Å²) in [5.74, 6) is 0.0404. The third kappa shape index (κ3) is 2.52. The lowest BCUT2D eigenvalue weighted by atomic mass is 9.90. The maximum Gasteiger partial charge on any atom is 0.314 e. The van der Waals surface area contributed by atoms with Crippen LogP contribution in [0.4, 0.5) is 0 Å². The monoisotopic (exact) mass is 260 g/mol. The van der Waals surface area contributed by atoms with Crippen molar-refractivity contribution in [3.63, 3.8) is 0 Å². The van der Waals surface area contributed by atoms with Gasteiger partial charge in [-0.1, -0.05) is 24.3 Å².